The van der Waals surface area contributed by atoms with Crippen LogP contribution in [-0.4, -0.2) is 52.3 Å². The molecule has 0 aromatic heterocycles. The lowest BCUT2D eigenvalue weighted by Crippen LogP contribution is -2.29. The zero-order chi connectivity index (χ0) is 15.6. The fraction of sp³-hybridized carbons (Fsp3) is 0.500. The molecule has 2 rings (SSSR count). The molecule has 1 aliphatic heterocycles. The molecule has 0 radical (unpaired) electrons. The van der Waals surface area contributed by atoms with Gasteiger partial charge in [-0.15, -0.1) is 0 Å². The maximum absolute atomic E-state index is 12.5. The van der Waals surface area contributed by atoms with Crippen molar-refractivity contribution in [3.8, 4) is 0 Å². The average molecular weight is 312 g/mol. The first-order chi connectivity index (χ1) is 9.81. The summed E-state index contributed by atoms with van der Waals surface area (Å²) in [5.41, 5.74) is 6.30. The summed E-state index contributed by atoms with van der Waals surface area (Å²) in [4.78, 5) is 14.2. The number of nitrogen functional groups attached to an aromatic ring is 1. The zero-order valence-electron chi connectivity index (χ0n) is 12.2. The quantitative estimate of drug-likeness (QED) is 0.830. The lowest BCUT2D eigenvalue weighted by atomic mass is 10.1. The molecule has 0 saturated carbocycles. The molecule has 2 N–H and O–H groups in total. The summed E-state index contributed by atoms with van der Waals surface area (Å²) < 4.78 is 28.3. The third-order valence-electron chi connectivity index (χ3n) is 3.58. The number of likely N-dealkylation sites (tertiary alicyclic amines) is 1. The van der Waals surface area contributed by atoms with Crippen molar-refractivity contribution in [1.82, 2.24) is 4.90 Å². The molecule has 1 amide bonds. The van der Waals surface area contributed by atoms with E-state index in [0.29, 0.717) is 31.2 Å². The van der Waals surface area contributed by atoms with Crippen LogP contribution in [0.25, 0.3) is 0 Å². The van der Waals surface area contributed by atoms with Gasteiger partial charge in [0.1, 0.15) is 0 Å². The zero-order valence-corrected chi connectivity index (χ0v) is 13.0. The second-order valence-electron chi connectivity index (χ2n) is 5.42. The van der Waals surface area contributed by atoms with Crippen LogP contribution in [0.3, 0.4) is 0 Å². The molecule has 6 nitrogen and oxygen atoms in total. The summed E-state index contributed by atoms with van der Waals surface area (Å²) in [6, 6.07) is 4.27. The van der Waals surface area contributed by atoms with E-state index in [9.17, 15) is 13.2 Å². The lowest BCUT2D eigenvalue weighted by Gasteiger charge is -2.17. The maximum atomic E-state index is 12.5. The number of ether oxygens (including phenoxy) is 1. The summed E-state index contributed by atoms with van der Waals surface area (Å²) in [6.07, 6.45) is 1.99. The van der Waals surface area contributed by atoms with Gasteiger partial charge in [0.15, 0.2) is 9.84 Å². The highest BCUT2D eigenvalue weighted by Gasteiger charge is 2.27. The number of carbonyl (C=O) groups excluding carboxylic acids is 1. The monoisotopic (exact) mass is 312 g/mol. The van der Waals surface area contributed by atoms with Gasteiger partial charge in [-0.1, -0.05) is 0 Å². The van der Waals surface area contributed by atoms with E-state index in [4.69, 9.17) is 10.5 Å². The van der Waals surface area contributed by atoms with Crippen LogP contribution in [0, 0.1) is 5.92 Å². The Kier molecular flexibility index (Phi) is 4.53. The summed E-state index contributed by atoms with van der Waals surface area (Å²) in [5.74, 6) is 0.139. The molecule has 1 saturated heterocycles. The van der Waals surface area contributed by atoms with Crippen molar-refractivity contribution in [2.45, 2.75) is 11.3 Å². The molecule has 1 aliphatic rings. The number of nitrogens with two attached hydrogens (primary N) is 1. The predicted molar refractivity (Wildman–Crippen MR) is 79.9 cm³/mol. The van der Waals surface area contributed by atoms with Crippen molar-refractivity contribution in [3.63, 3.8) is 0 Å². The van der Waals surface area contributed by atoms with E-state index in [1.54, 1.807) is 12.0 Å². The van der Waals surface area contributed by atoms with Crippen molar-refractivity contribution >= 4 is 21.4 Å². The number of anilines is 1. The van der Waals surface area contributed by atoms with Crippen molar-refractivity contribution in [2.24, 2.45) is 5.92 Å². The Morgan fingerprint density at radius 2 is 2.14 bits per heavy atom. The number of rotatable bonds is 4. The standard InChI is InChI=1S/C14H20N2O4S/c1-20-9-10-3-4-16(8-10)14(17)11-5-12(15)7-13(6-11)21(2,18)19/h5-7,10H,3-4,8-9,15H2,1-2H3. The molecule has 1 aromatic rings. The van der Waals surface area contributed by atoms with Crippen LogP contribution in [0.2, 0.25) is 0 Å². The van der Waals surface area contributed by atoms with E-state index in [-0.39, 0.29) is 16.5 Å². The highest BCUT2D eigenvalue weighted by atomic mass is 32.2. The molecule has 7 heteroatoms. The SMILES string of the molecule is COCC1CCN(C(=O)c2cc(N)cc(S(C)(=O)=O)c2)C1. The number of hydrogen-bond acceptors (Lipinski definition) is 5. The minimum Gasteiger partial charge on any atom is -0.399 e. The van der Waals surface area contributed by atoms with E-state index < -0.39 is 9.84 Å². The van der Waals surface area contributed by atoms with Crippen molar-refractivity contribution in [2.75, 3.05) is 38.8 Å². The summed E-state index contributed by atoms with van der Waals surface area (Å²) in [6.45, 7) is 1.89. The summed E-state index contributed by atoms with van der Waals surface area (Å²) in [5, 5.41) is 0. The average Bonchev–Trinajstić information content (AvgIpc) is 2.85. The van der Waals surface area contributed by atoms with Crippen LogP contribution in [0.4, 0.5) is 5.69 Å². The van der Waals surface area contributed by atoms with Crippen LogP contribution in [0.5, 0.6) is 0 Å². The molecule has 21 heavy (non-hydrogen) atoms. The molecule has 1 heterocycles. The fourth-order valence-electron chi connectivity index (χ4n) is 2.53. The minimum atomic E-state index is -3.39. The third kappa shape index (κ3) is 3.74. The Labute approximate surface area is 124 Å². The Morgan fingerprint density at radius 3 is 2.76 bits per heavy atom. The second-order valence-corrected chi connectivity index (χ2v) is 7.44. The number of amides is 1. The molecule has 0 aliphatic carbocycles. The Hall–Kier alpha value is -1.60. The van der Waals surface area contributed by atoms with E-state index in [1.165, 1.54) is 18.2 Å². The number of hydrogen-bond donors (Lipinski definition) is 1. The largest absolute Gasteiger partial charge is 0.399 e. The molecular weight excluding hydrogens is 292 g/mol. The van der Waals surface area contributed by atoms with Gasteiger partial charge in [-0.25, -0.2) is 8.42 Å². The first kappa shape index (κ1) is 15.8. The van der Waals surface area contributed by atoms with E-state index in [2.05, 4.69) is 0 Å². The van der Waals surface area contributed by atoms with Crippen LogP contribution < -0.4 is 5.73 Å². The topological polar surface area (TPSA) is 89.7 Å². The predicted octanol–water partition coefficient (Wildman–Crippen LogP) is 0.781. The van der Waals surface area contributed by atoms with Gasteiger partial charge in [0.25, 0.3) is 5.91 Å². The summed E-state index contributed by atoms with van der Waals surface area (Å²) in [7, 11) is -1.76. The Morgan fingerprint density at radius 1 is 1.43 bits per heavy atom. The van der Waals surface area contributed by atoms with Gasteiger partial charge in [-0.05, 0) is 24.6 Å². The van der Waals surface area contributed by atoms with Gasteiger partial charge in [0.2, 0.25) is 0 Å². The Bertz CT molecular complexity index is 642. The van der Waals surface area contributed by atoms with Crippen molar-refractivity contribution in [3.05, 3.63) is 23.8 Å². The smallest absolute Gasteiger partial charge is 0.253 e. The van der Waals surface area contributed by atoms with Crippen LogP contribution >= 0.6 is 0 Å². The number of benzene rings is 1. The summed E-state index contributed by atoms with van der Waals surface area (Å²) >= 11 is 0. The molecule has 1 fully saturated rings. The highest BCUT2D eigenvalue weighted by Crippen LogP contribution is 2.22. The third-order valence-corrected chi connectivity index (χ3v) is 4.67. The molecule has 0 spiro atoms. The van der Waals surface area contributed by atoms with Crippen molar-refractivity contribution < 1.29 is 17.9 Å². The Balaban J connectivity index is 2.22. The van der Waals surface area contributed by atoms with Crippen LogP contribution in [0.1, 0.15) is 16.8 Å². The molecule has 1 aromatic carbocycles. The second kappa shape index (κ2) is 6.03. The number of nitrogens with zero attached hydrogens (tertiary/aromatic N) is 1. The number of sulfone groups is 1. The normalized spacial score (nSPS) is 19.0. The molecule has 0 bridgehead atoms. The number of carbonyl (C=O) groups is 1. The molecule has 1 atom stereocenters. The van der Waals surface area contributed by atoms with E-state index >= 15 is 0 Å². The molecule has 116 valence electrons. The minimum absolute atomic E-state index is 0.0680. The maximum Gasteiger partial charge on any atom is 0.253 e. The van der Waals surface area contributed by atoms with E-state index in [0.717, 1.165) is 12.7 Å². The first-order valence-electron chi connectivity index (χ1n) is 6.70. The van der Waals surface area contributed by atoms with Gasteiger partial charge in [-0.2, -0.15) is 0 Å². The van der Waals surface area contributed by atoms with Gasteiger partial charge < -0.3 is 15.4 Å². The van der Waals surface area contributed by atoms with Gasteiger partial charge in [0, 0.05) is 43.6 Å². The van der Waals surface area contributed by atoms with E-state index in [1.807, 2.05) is 0 Å². The highest BCUT2D eigenvalue weighted by molar-refractivity contribution is 7.90. The lowest BCUT2D eigenvalue weighted by molar-refractivity contribution is 0.0775. The van der Waals surface area contributed by atoms with Gasteiger partial charge in [-0.3, -0.25) is 4.79 Å². The van der Waals surface area contributed by atoms with Gasteiger partial charge >= 0.3 is 0 Å². The first-order valence-corrected chi connectivity index (χ1v) is 8.59. The van der Waals surface area contributed by atoms with Crippen LogP contribution in [0.15, 0.2) is 23.1 Å². The molecular formula is C14H20N2O4S. The number of methoxy groups -OCH3 is 1. The van der Waals surface area contributed by atoms with Crippen LogP contribution in [-0.2, 0) is 14.6 Å². The fourth-order valence-corrected chi connectivity index (χ4v) is 3.22. The molecule has 1 unspecified atom stereocenters. The van der Waals surface area contributed by atoms with Gasteiger partial charge in [0.05, 0.1) is 11.5 Å². The van der Waals surface area contributed by atoms with Crippen molar-refractivity contribution in [1.29, 1.82) is 0 Å².